The molecule has 0 aliphatic carbocycles. The average molecular weight is 231 g/mol. The number of carbonyl (C=O) groups is 1. The zero-order valence-electron chi connectivity index (χ0n) is 9.87. The second-order valence-electron chi connectivity index (χ2n) is 4.18. The Morgan fingerprint density at radius 1 is 1.47 bits per heavy atom. The highest BCUT2D eigenvalue weighted by Gasteiger charge is 2.10. The van der Waals surface area contributed by atoms with Crippen molar-refractivity contribution in [1.29, 1.82) is 0 Å². The van der Waals surface area contributed by atoms with Gasteiger partial charge < -0.3 is 10.1 Å². The predicted molar refractivity (Wildman–Crippen MR) is 66.7 cm³/mol. The van der Waals surface area contributed by atoms with Gasteiger partial charge >= 0.3 is 0 Å². The van der Waals surface area contributed by atoms with Gasteiger partial charge in [0.2, 0.25) is 5.91 Å². The average Bonchev–Trinajstić information content (AvgIpc) is 2.36. The smallest absolute Gasteiger partial charge is 0.224 e. The summed E-state index contributed by atoms with van der Waals surface area (Å²) in [6.07, 6.45) is 3.06. The highest BCUT2D eigenvalue weighted by atomic mass is 16.5. The van der Waals surface area contributed by atoms with Crippen LogP contribution in [0.15, 0.2) is 30.9 Å². The Kier molecular flexibility index (Phi) is 3.94. The molecule has 17 heavy (non-hydrogen) atoms. The second-order valence-corrected chi connectivity index (χ2v) is 4.18. The van der Waals surface area contributed by atoms with Crippen LogP contribution in [0.25, 0.3) is 0 Å². The van der Waals surface area contributed by atoms with Crippen LogP contribution in [0.2, 0.25) is 0 Å². The summed E-state index contributed by atoms with van der Waals surface area (Å²) in [5, 5.41) is 2.78. The Balaban J connectivity index is 2.01. The van der Waals surface area contributed by atoms with Gasteiger partial charge in [-0.2, -0.15) is 0 Å². The van der Waals surface area contributed by atoms with Crippen molar-refractivity contribution in [2.24, 2.45) is 0 Å². The first-order valence-corrected chi connectivity index (χ1v) is 5.85. The van der Waals surface area contributed by atoms with E-state index in [1.54, 1.807) is 6.08 Å². The minimum absolute atomic E-state index is 0.0388. The van der Waals surface area contributed by atoms with Crippen molar-refractivity contribution in [1.82, 2.24) is 5.32 Å². The third kappa shape index (κ3) is 3.17. The third-order valence-electron chi connectivity index (χ3n) is 2.85. The molecule has 1 aliphatic rings. The summed E-state index contributed by atoms with van der Waals surface area (Å²) in [6.45, 7) is 5.56. The van der Waals surface area contributed by atoms with Gasteiger partial charge in [-0.15, -0.1) is 6.58 Å². The quantitative estimate of drug-likeness (QED) is 0.799. The van der Waals surface area contributed by atoms with Gasteiger partial charge in [-0.25, -0.2) is 0 Å². The lowest BCUT2D eigenvalue weighted by Crippen LogP contribution is -2.25. The lowest BCUT2D eigenvalue weighted by atomic mass is 9.99. The normalized spacial score (nSPS) is 13.9. The molecule has 0 radical (unpaired) electrons. The molecule has 0 bridgehead atoms. The van der Waals surface area contributed by atoms with E-state index in [9.17, 15) is 4.79 Å². The van der Waals surface area contributed by atoms with E-state index in [0.717, 1.165) is 18.6 Å². The number of rotatable bonds is 4. The fourth-order valence-corrected chi connectivity index (χ4v) is 1.96. The molecular weight excluding hydrogens is 214 g/mol. The maximum absolute atomic E-state index is 11.6. The molecule has 0 spiro atoms. The molecule has 0 saturated heterocycles. The Morgan fingerprint density at radius 3 is 3.18 bits per heavy atom. The lowest BCUT2D eigenvalue weighted by Gasteiger charge is -2.17. The van der Waals surface area contributed by atoms with Crippen LogP contribution >= 0.6 is 0 Å². The molecule has 1 N–H and O–H groups in total. The summed E-state index contributed by atoms with van der Waals surface area (Å²) < 4.78 is 5.38. The molecule has 1 aliphatic heterocycles. The van der Waals surface area contributed by atoms with Gasteiger partial charge in [0.25, 0.3) is 0 Å². The highest BCUT2D eigenvalue weighted by Crippen LogP contribution is 2.18. The molecule has 0 atom stereocenters. The maximum atomic E-state index is 11.6. The van der Waals surface area contributed by atoms with Crippen molar-refractivity contribution in [2.75, 3.05) is 13.2 Å². The molecule has 2 rings (SSSR count). The SMILES string of the molecule is C=CCNC(=O)Cc1ccc2c(c1)CCOC2. The Bertz CT molecular complexity index is 426. The number of hydrogen-bond acceptors (Lipinski definition) is 2. The number of hydrogen-bond donors (Lipinski definition) is 1. The molecule has 3 heteroatoms. The van der Waals surface area contributed by atoms with Crippen molar-refractivity contribution in [3.05, 3.63) is 47.5 Å². The van der Waals surface area contributed by atoms with Crippen molar-refractivity contribution >= 4 is 5.91 Å². The molecule has 0 unspecified atom stereocenters. The lowest BCUT2D eigenvalue weighted by molar-refractivity contribution is -0.120. The standard InChI is InChI=1S/C14H17NO2/c1-2-6-15-14(16)9-11-3-4-13-10-17-7-5-12(13)8-11/h2-4,8H,1,5-7,9-10H2,(H,15,16). The number of fused-ring (bicyclic) bond motifs is 1. The van der Waals surface area contributed by atoms with Crippen LogP contribution in [-0.4, -0.2) is 19.1 Å². The molecule has 0 fully saturated rings. The summed E-state index contributed by atoms with van der Waals surface area (Å²) in [7, 11) is 0. The number of carbonyl (C=O) groups excluding carboxylic acids is 1. The van der Waals surface area contributed by atoms with E-state index in [1.807, 2.05) is 6.07 Å². The highest BCUT2D eigenvalue weighted by molar-refractivity contribution is 5.78. The van der Waals surface area contributed by atoms with Gasteiger partial charge in [0.15, 0.2) is 0 Å². The Labute approximate surface area is 101 Å². The predicted octanol–water partition coefficient (Wildman–Crippen LogP) is 1.60. The van der Waals surface area contributed by atoms with E-state index in [2.05, 4.69) is 24.0 Å². The number of ether oxygens (including phenoxy) is 1. The molecular formula is C14H17NO2. The first kappa shape index (κ1) is 11.9. The summed E-state index contributed by atoms with van der Waals surface area (Å²) in [5.41, 5.74) is 3.61. The summed E-state index contributed by atoms with van der Waals surface area (Å²) in [6, 6.07) is 6.18. The van der Waals surface area contributed by atoms with Crippen LogP contribution in [0, 0.1) is 0 Å². The third-order valence-corrected chi connectivity index (χ3v) is 2.85. The van der Waals surface area contributed by atoms with Crippen molar-refractivity contribution < 1.29 is 9.53 Å². The van der Waals surface area contributed by atoms with Gasteiger partial charge in [-0.3, -0.25) is 4.79 Å². The van der Waals surface area contributed by atoms with Crippen molar-refractivity contribution in [3.8, 4) is 0 Å². The molecule has 90 valence electrons. The number of amides is 1. The molecule has 0 aromatic heterocycles. The molecule has 1 aromatic rings. The molecule has 1 amide bonds. The Morgan fingerprint density at radius 2 is 2.35 bits per heavy atom. The molecule has 1 heterocycles. The Hall–Kier alpha value is -1.61. The summed E-state index contributed by atoms with van der Waals surface area (Å²) >= 11 is 0. The fourth-order valence-electron chi connectivity index (χ4n) is 1.96. The van der Waals surface area contributed by atoms with Gasteiger partial charge in [0.1, 0.15) is 0 Å². The second kappa shape index (κ2) is 5.64. The minimum atomic E-state index is 0.0388. The van der Waals surface area contributed by atoms with Gasteiger partial charge in [0.05, 0.1) is 19.6 Å². The monoisotopic (exact) mass is 231 g/mol. The van der Waals surface area contributed by atoms with E-state index in [1.165, 1.54) is 11.1 Å². The van der Waals surface area contributed by atoms with Crippen LogP contribution in [-0.2, 0) is 29.0 Å². The molecule has 0 saturated carbocycles. The largest absolute Gasteiger partial charge is 0.376 e. The zero-order chi connectivity index (χ0) is 12.1. The first-order chi connectivity index (χ1) is 8.29. The van der Waals surface area contributed by atoms with Gasteiger partial charge in [-0.1, -0.05) is 24.3 Å². The summed E-state index contributed by atoms with van der Waals surface area (Å²) in [5.74, 6) is 0.0388. The minimum Gasteiger partial charge on any atom is -0.376 e. The van der Waals surface area contributed by atoms with Crippen LogP contribution < -0.4 is 5.32 Å². The van der Waals surface area contributed by atoms with Crippen LogP contribution in [0.5, 0.6) is 0 Å². The first-order valence-electron chi connectivity index (χ1n) is 5.85. The van der Waals surface area contributed by atoms with E-state index in [-0.39, 0.29) is 5.91 Å². The maximum Gasteiger partial charge on any atom is 0.224 e. The zero-order valence-corrected chi connectivity index (χ0v) is 9.87. The van der Waals surface area contributed by atoms with Gasteiger partial charge in [0, 0.05) is 6.54 Å². The van der Waals surface area contributed by atoms with Crippen LogP contribution in [0.4, 0.5) is 0 Å². The molecule has 1 aromatic carbocycles. The van der Waals surface area contributed by atoms with Crippen molar-refractivity contribution in [3.63, 3.8) is 0 Å². The topological polar surface area (TPSA) is 38.3 Å². The molecule has 3 nitrogen and oxygen atoms in total. The van der Waals surface area contributed by atoms with E-state index >= 15 is 0 Å². The van der Waals surface area contributed by atoms with Crippen molar-refractivity contribution in [2.45, 2.75) is 19.4 Å². The fraction of sp³-hybridized carbons (Fsp3) is 0.357. The van der Waals surface area contributed by atoms with E-state index in [0.29, 0.717) is 19.6 Å². The van der Waals surface area contributed by atoms with Gasteiger partial charge in [-0.05, 0) is 23.1 Å². The number of nitrogens with one attached hydrogen (secondary N) is 1. The van der Waals surface area contributed by atoms with Crippen LogP contribution in [0.1, 0.15) is 16.7 Å². The van der Waals surface area contributed by atoms with E-state index < -0.39 is 0 Å². The summed E-state index contributed by atoms with van der Waals surface area (Å²) in [4.78, 5) is 11.6. The number of benzene rings is 1. The van der Waals surface area contributed by atoms with Crippen LogP contribution in [0.3, 0.4) is 0 Å². The van der Waals surface area contributed by atoms with E-state index in [4.69, 9.17) is 4.74 Å².